The van der Waals surface area contributed by atoms with E-state index in [1.807, 2.05) is 26.0 Å². The number of amides is 1. The molecule has 1 aromatic heterocycles. The number of aromatic nitrogens is 2. The fourth-order valence-corrected chi connectivity index (χ4v) is 2.59. The Morgan fingerprint density at radius 2 is 1.96 bits per heavy atom. The number of hydrogen-bond donors (Lipinski definition) is 2. The van der Waals surface area contributed by atoms with Crippen LogP contribution in [0.5, 0.6) is 0 Å². The first kappa shape index (κ1) is 15.3. The molecule has 6 heteroatoms. The molecule has 2 aromatic rings. The van der Waals surface area contributed by atoms with E-state index in [1.54, 1.807) is 29.1 Å². The molecule has 0 bridgehead atoms. The van der Waals surface area contributed by atoms with Crippen molar-refractivity contribution in [2.75, 3.05) is 5.32 Å². The molecular weight excluding hydrogens is 294 g/mol. The lowest BCUT2D eigenvalue weighted by Crippen LogP contribution is -2.13. The molecule has 0 spiro atoms. The summed E-state index contributed by atoms with van der Waals surface area (Å²) in [7, 11) is 0. The van der Waals surface area contributed by atoms with Crippen LogP contribution in [-0.4, -0.2) is 26.8 Å². The van der Waals surface area contributed by atoms with Crippen LogP contribution >= 0.6 is 0 Å². The molecule has 2 atom stereocenters. The van der Waals surface area contributed by atoms with Crippen LogP contribution in [0.3, 0.4) is 0 Å². The maximum Gasteiger partial charge on any atom is 0.307 e. The molecule has 1 amide bonds. The summed E-state index contributed by atoms with van der Waals surface area (Å²) in [5.41, 5.74) is 2.04. The summed E-state index contributed by atoms with van der Waals surface area (Å²) in [5.74, 6) is -1.17. The molecule has 3 rings (SSSR count). The van der Waals surface area contributed by atoms with Gasteiger partial charge >= 0.3 is 5.97 Å². The molecule has 6 nitrogen and oxygen atoms in total. The van der Waals surface area contributed by atoms with E-state index in [9.17, 15) is 9.59 Å². The van der Waals surface area contributed by atoms with E-state index in [4.69, 9.17) is 5.11 Å². The van der Waals surface area contributed by atoms with Crippen molar-refractivity contribution >= 4 is 17.6 Å². The van der Waals surface area contributed by atoms with Crippen LogP contribution in [0.15, 0.2) is 36.5 Å². The first-order valence-electron chi connectivity index (χ1n) is 7.65. The fraction of sp³-hybridized carbons (Fsp3) is 0.353. The highest BCUT2D eigenvalue weighted by Crippen LogP contribution is 2.47. The molecule has 1 aliphatic rings. The highest BCUT2D eigenvalue weighted by molar-refractivity contribution is 6.02. The standard InChI is InChI=1S/C17H19N3O3/c1-10(2)20-8-7-15(19-20)16(21)18-12-5-3-11(4-6-12)13-9-14(13)17(22)23/h3-8,10,13-14H,9H2,1-2H3,(H,18,21)(H,22,23)/t13-,14+/m0/s1. The summed E-state index contributed by atoms with van der Waals surface area (Å²) >= 11 is 0. The molecular formula is C17H19N3O3. The van der Waals surface area contributed by atoms with Crippen molar-refractivity contribution in [1.82, 2.24) is 9.78 Å². The fourth-order valence-electron chi connectivity index (χ4n) is 2.59. The molecule has 1 heterocycles. The molecule has 0 radical (unpaired) electrons. The van der Waals surface area contributed by atoms with Gasteiger partial charge in [-0.15, -0.1) is 0 Å². The summed E-state index contributed by atoms with van der Waals surface area (Å²) in [6.07, 6.45) is 2.47. The van der Waals surface area contributed by atoms with E-state index >= 15 is 0 Å². The maximum absolute atomic E-state index is 12.2. The number of anilines is 1. The Bertz CT molecular complexity index is 734. The van der Waals surface area contributed by atoms with Gasteiger partial charge in [0.05, 0.1) is 5.92 Å². The minimum atomic E-state index is -0.742. The van der Waals surface area contributed by atoms with E-state index in [0.717, 1.165) is 5.56 Å². The number of nitrogens with one attached hydrogen (secondary N) is 1. The number of aliphatic carboxylic acids is 1. The molecule has 0 unspecified atom stereocenters. The minimum Gasteiger partial charge on any atom is -0.481 e. The summed E-state index contributed by atoms with van der Waals surface area (Å²) in [6, 6.07) is 9.22. The highest BCUT2D eigenvalue weighted by Gasteiger charge is 2.43. The molecule has 1 aromatic carbocycles. The van der Waals surface area contributed by atoms with E-state index < -0.39 is 5.97 Å². The lowest BCUT2D eigenvalue weighted by Gasteiger charge is -2.06. The van der Waals surface area contributed by atoms with Gasteiger partial charge in [-0.25, -0.2) is 0 Å². The number of carboxylic acid groups (broad SMARTS) is 1. The first-order chi connectivity index (χ1) is 11.0. The number of carbonyl (C=O) groups excluding carboxylic acids is 1. The lowest BCUT2D eigenvalue weighted by atomic mass is 10.1. The smallest absolute Gasteiger partial charge is 0.307 e. The van der Waals surface area contributed by atoms with Crippen molar-refractivity contribution in [3.63, 3.8) is 0 Å². The molecule has 23 heavy (non-hydrogen) atoms. The average molecular weight is 313 g/mol. The normalized spacial score (nSPS) is 19.6. The predicted molar refractivity (Wildman–Crippen MR) is 85.5 cm³/mol. The average Bonchev–Trinajstić information content (AvgIpc) is 3.16. The third kappa shape index (κ3) is 3.26. The Labute approximate surface area is 134 Å². The lowest BCUT2D eigenvalue weighted by molar-refractivity contribution is -0.138. The van der Waals surface area contributed by atoms with Gasteiger partial charge in [-0.2, -0.15) is 5.10 Å². The Morgan fingerprint density at radius 3 is 2.48 bits per heavy atom. The third-order valence-electron chi connectivity index (χ3n) is 4.07. The van der Waals surface area contributed by atoms with Crippen LogP contribution in [-0.2, 0) is 4.79 Å². The number of hydrogen-bond acceptors (Lipinski definition) is 3. The Hall–Kier alpha value is -2.63. The second kappa shape index (κ2) is 5.87. The van der Waals surface area contributed by atoms with Crippen molar-refractivity contribution < 1.29 is 14.7 Å². The van der Waals surface area contributed by atoms with Crippen LogP contribution in [0.2, 0.25) is 0 Å². The Balaban J connectivity index is 1.64. The molecule has 2 N–H and O–H groups in total. The van der Waals surface area contributed by atoms with Crippen molar-refractivity contribution in [2.24, 2.45) is 5.92 Å². The van der Waals surface area contributed by atoms with Crippen molar-refractivity contribution in [2.45, 2.75) is 32.2 Å². The number of rotatable bonds is 5. The molecule has 0 aliphatic heterocycles. The first-order valence-corrected chi connectivity index (χ1v) is 7.65. The quantitative estimate of drug-likeness (QED) is 0.889. The van der Waals surface area contributed by atoms with Gasteiger partial charge in [0.25, 0.3) is 5.91 Å². The van der Waals surface area contributed by atoms with Gasteiger partial charge in [-0.3, -0.25) is 14.3 Å². The van der Waals surface area contributed by atoms with E-state index in [-0.39, 0.29) is 23.8 Å². The monoisotopic (exact) mass is 313 g/mol. The topological polar surface area (TPSA) is 84.2 Å². The summed E-state index contributed by atoms with van der Waals surface area (Å²) in [6.45, 7) is 3.99. The zero-order chi connectivity index (χ0) is 16.6. The van der Waals surface area contributed by atoms with E-state index in [0.29, 0.717) is 17.8 Å². The van der Waals surface area contributed by atoms with Crippen LogP contribution < -0.4 is 5.32 Å². The van der Waals surface area contributed by atoms with Crippen LogP contribution in [0.25, 0.3) is 0 Å². The zero-order valence-corrected chi connectivity index (χ0v) is 13.1. The van der Waals surface area contributed by atoms with Gasteiger partial charge < -0.3 is 10.4 Å². The van der Waals surface area contributed by atoms with Crippen molar-refractivity contribution in [1.29, 1.82) is 0 Å². The minimum absolute atomic E-state index is 0.0963. The van der Waals surface area contributed by atoms with Crippen LogP contribution in [0.4, 0.5) is 5.69 Å². The van der Waals surface area contributed by atoms with Gasteiger partial charge in [-0.1, -0.05) is 12.1 Å². The number of carbonyl (C=O) groups is 2. The van der Waals surface area contributed by atoms with Gasteiger partial charge in [0.15, 0.2) is 5.69 Å². The zero-order valence-electron chi connectivity index (χ0n) is 13.1. The SMILES string of the molecule is CC(C)n1ccc(C(=O)Nc2ccc([C@@H]3C[C@H]3C(=O)O)cc2)n1. The molecule has 1 aliphatic carbocycles. The largest absolute Gasteiger partial charge is 0.481 e. The molecule has 0 saturated heterocycles. The Kier molecular flexibility index (Phi) is 3.90. The van der Waals surface area contributed by atoms with Crippen molar-refractivity contribution in [3.8, 4) is 0 Å². The second-order valence-electron chi connectivity index (χ2n) is 6.14. The van der Waals surface area contributed by atoms with E-state index in [1.165, 1.54) is 0 Å². The molecule has 1 saturated carbocycles. The predicted octanol–water partition coefficient (Wildman–Crippen LogP) is 2.90. The van der Waals surface area contributed by atoms with Gasteiger partial charge in [-0.05, 0) is 49.9 Å². The number of carboxylic acids is 1. The van der Waals surface area contributed by atoms with Crippen LogP contribution in [0, 0.1) is 5.92 Å². The molecule has 120 valence electrons. The van der Waals surface area contributed by atoms with Gasteiger partial charge in [0.2, 0.25) is 0 Å². The molecule has 1 fully saturated rings. The summed E-state index contributed by atoms with van der Waals surface area (Å²) in [4.78, 5) is 23.1. The number of benzene rings is 1. The third-order valence-corrected chi connectivity index (χ3v) is 4.07. The van der Waals surface area contributed by atoms with E-state index in [2.05, 4.69) is 10.4 Å². The second-order valence-corrected chi connectivity index (χ2v) is 6.14. The van der Waals surface area contributed by atoms with Crippen LogP contribution in [0.1, 0.15) is 48.3 Å². The summed E-state index contributed by atoms with van der Waals surface area (Å²) < 4.78 is 1.73. The Morgan fingerprint density at radius 1 is 1.26 bits per heavy atom. The number of nitrogens with zero attached hydrogens (tertiary/aromatic N) is 2. The van der Waals surface area contributed by atoms with Gasteiger partial charge in [0, 0.05) is 17.9 Å². The van der Waals surface area contributed by atoms with Crippen molar-refractivity contribution in [3.05, 3.63) is 47.8 Å². The summed E-state index contributed by atoms with van der Waals surface area (Å²) in [5, 5.41) is 16.0. The maximum atomic E-state index is 12.2. The highest BCUT2D eigenvalue weighted by atomic mass is 16.4. The van der Waals surface area contributed by atoms with Gasteiger partial charge in [0.1, 0.15) is 0 Å².